The van der Waals surface area contributed by atoms with Gasteiger partial charge in [0, 0.05) is 17.7 Å². The molecule has 2 aliphatic rings. The summed E-state index contributed by atoms with van der Waals surface area (Å²) < 4.78 is 0. The second-order valence-corrected chi connectivity index (χ2v) is 12.0. The van der Waals surface area contributed by atoms with Gasteiger partial charge in [-0.15, -0.1) is 0 Å². The third-order valence-electron chi connectivity index (χ3n) is 8.94. The zero-order valence-corrected chi connectivity index (χ0v) is 24.5. The molecule has 1 aliphatic heterocycles. The number of hydrogen-bond donors (Lipinski definition) is 3. The third-order valence-corrected chi connectivity index (χ3v) is 8.94. The summed E-state index contributed by atoms with van der Waals surface area (Å²) in [7, 11) is 0. The normalized spacial score (nSPS) is 20.2. The highest BCUT2D eigenvalue weighted by atomic mass is 16.2. The van der Waals surface area contributed by atoms with E-state index in [1.165, 1.54) is 0 Å². The van der Waals surface area contributed by atoms with Crippen molar-refractivity contribution in [2.45, 2.75) is 45.1 Å². The predicted molar refractivity (Wildman–Crippen MR) is 171 cm³/mol. The van der Waals surface area contributed by atoms with E-state index in [0.717, 1.165) is 47.6 Å². The van der Waals surface area contributed by atoms with E-state index in [4.69, 9.17) is 5.73 Å². The number of fused-ring (bicyclic) bond motifs is 2. The lowest BCUT2D eigenvalue weighted by molar-refractivity contribution is -0.116. The maximum atomic E-state index is 14.4. The van der Waals surface area contributed by atoms with E-state index >= 15 is 0 Å². The van der Waals surface area contributed by atoms with E-state index in [2.05, 4.69) is 10.6 Å². The monoisotopic (exact) mass is 574 g/mol. The fourth-order valence-electron chi connectivity index (χ4n) is 6.53. The van der Waals surface area contributed by atoms with Crippen molar-refractivity contribution < 1.29 is 14.4 Å². The molecule has 1 fully saturated rings. The van der Waals surface area contributed by atoms with Crippen molar-refractivity contribution in [2.75, 3.05) is 23.3 Å². The Morgan fingerprint density at radius 3 is 2.44 bits per heavy atom. The van der Waals surface area contributed by atoms with E-state index in [9.17, 15) is 14.4 Å². The Bertz CT molecular complexity index is 1670. The van der Waals surface area contributed by atoms with E-state index in [1.54, 1.807) is 23.1 Å². The van der Waals surface area contributed by atoms with Gasteiger partial charge < -0.3 is 16.4 Å². The minimum absolute atomic E-state index is 0.0859. The van der Waals surface area contributed by atoms with Crippen molar-refractivity contribution >= 4 is 39.9 Å². The Balaban J connectivity index is 1.34. The first-order chi connectivity index (χ1) is 20.9. The predicted octanol–water partition coefficient (Wildman–Crippen LogP) is 6.37. The van der Waals surface area contributed by atoms with Crippen molar-refractivity contribution in [3.63, 3.8) is 0 Å². The van der Waals surface area contributed by atoms with Crippen LogP contribution >= 0.6 is 0 Å². The molecule has 7 nitrogen and oxygen atoms in total. The fraction of sp³-hybridized carbons (Fsp3) is 0.306. The standard InChI is InChI=1S/C36H38N4O3/c1-23-9-11-27(12-10-23)33-20-34(41)39-31-19-29(35(42)38-22-25-6-4-5-24(17-25)21-37)15-16-32(31)40(33)36(43)30-14-13-26-7-2-3-8-28(26)18-30/h2-3,7-16,18-19,24-25,33H,4-6,17,20-22,37H2,1H3,(H,38,42)(H,39,41). The summed E-state index contributed by atoms with van der Waals surface area (Å²) >= 11 is 0. The average molecular weight is 575 g/mol. The molecular formula is C36H38N4O3. The van der Waals surface area contributed by atoms with Crippen LogP contribution in [0.3, 0.4) is 0 Å². The lowest BCUT2D eigenvalue weighted by atomic mass is 9.81. The van der Waals surface area contributed by atoms with Gasteiger partial charge in [-0.1, -0.05) is 66.6 Å². The summed E-state index contributed by atoms with van der Waals surface area (Å²) in [5, 5.41) is 8.09. The van der Waals surface area contributed by atoms with Crippen LogP contribution in [0, 0.1) is 18.8 Å². The first-order valence-corrected chi connectivity index (χ1v) is 15.2. The van der Waals surface area contributed by atoms with Gasteiger partial charge in [0.2, 0.25) is 5.91 Å². The van der Waals surface area contributed by atoms with Crippen molar-refractivity contribution in [3.05, 3.63) is 107 Å². The van der Waals surface area contributed by atoms with Gasteiger partial charge in [0.15, 0.2) is 0 Å². The molecule has 1 aliphatic carbocycles. The number of rotatable bonds is 6. The Morgan fingerprint density at radius 2 is 1.65 bits per heavy atom. The van der Waals surface area contributed by atoms with Crippen molar-refractivity contribution in [3.8, 4) is 0 Å². The molecule has 1 heterocycles. The largest absolute Gasteiger partial charge is 0.352 e. The van der Waals surface area contributed by atoms with Crippen LogP contribution in [0.2, 0.25) is 0 Å². The van der Waals surface area contributed by atoms with Gasteiger partial charge in [0.05, 0.1) is 23.8 Å². The smallest absolute Gasteiger partial charge is 0.258 e. The number of benzene rings is 4. The molecule has 43 heavy (non-hydrogen) atoms. The number of anilines is 2. The molecule has 7 heteroatoms. The quantitative estimate of drug-likeness (QED) is 0.249. The van der Waals surface area contributed by atoms with Crippen molar-refractivity contribution in [2.24, 2.45) is 17.6 Å². The number of nitrogens with zero attached hydrogens (tertiary/aromatic N) is 1. The first kappa shape index (κ1) is 28.6. The number of nitrogens with two attached hydrogens (primary N) is 1. The lowest BCUT2D eigenvalue weighted by Gasteiger charge is -2.31. The summed E-state index contributed by atoms with van der Waals surface area (Å²) in [6, 6.07) is 26.2. The first-order valence-electron chi connectivity index (χ1n) is 15.2. The van der Waals surface area contributed by atoms with Crippen LogP contribution in [0.4, 0.5) is 11.4 Å². The average Bonchev–Trinajstić information content (AvgIpc) is 3.18. The summed E-state index contributed by atoms with van der Waals surface area (Å²) in [4.78, 5) is 42.6. The molecule has 0 aromatic heterocycles. The maximum Gasteiger partial charge on any atom is 0.258 e. The number of nitrogens with one attached hydrogen (secondary N) is 2. The van der Waals surface area contributed by atoms with Crippen LogP contribution < -0.4 is 21.3 Å². The molecule has 0 bridgehead atoms. The molecule has 0 spiro atoms. The molecule has 3 unspecified atom stereocenters. The summed E-state index contributed by atoms with van der Waals surface area (Å²) in [5.41, 5.74) is 9.84. The van der Waals surface area contributed by atoms with E-state index in [1.807, 2.05) is 73.7 Å². The van der Waals surface area contributed by atoms with Crippen LogP contribution in [0.1, 0.15) is 70.0 Å². The highest BCUT2D eigenvalue weighted by Crippen LogP contribution is 2.40. The zero-order valence-electron chi connectivity index (χ0n) is 24.5. The minimum atomic E-state index is -0.526. The van der Waals surface area contributed by atoms with Gasteiger partial charge in [-0.25, -0.2) is 0 Å². The Kier molecular flexibility index (Phi) is 8.25. The van der Waals surface area contributed by atoms with Gasteiger partial charge >= 0.3 is 0 Å². The molecule has 4 aromatic rings. The van der Waals surface area contributed by atoms with Gasteiger partial charge in [-0.3, -0.25) is 19.3 Å². The second-order valence-electron chi connectivity index (χ2n) is 12.0. The summed E-state index contributed by atoms with van der Waals surface area (Å²) in [5.74, 6) is 0.313. The maximum absolute atomic E-state index is 14.4. The van der Waals surface area contributed by atoms with Crippen molar-refractivity contribution in [1.82, 2.24) is 5.32 Å². The molecule has 0 radical (unpaired) electrons. The lowest BCUT2D eigenvalue weighted by Crippen LogP contribution is -2.35. The highest BCUT2D eigenvalue weighted by molar-refractivity contribution is 6.13. The van der Waals surface area contributed by atoms with Gasteiger partial charge in [0.25, 0.3) is 11.8 Å². The molecular weight excluding hydrogens is 536 g/mol. The molecule has 220 valence electrons. The number of amides is 3. The molecule has 4 N–H and O–H groups in total. The molecule has 3 atom stereocenters. The van der Waals surface area contributed by atoms with Crippen LogP contribution in [0.25, 0.3) is 10.8 Å². The van der Waals surface area contributed by atoms with E-state index < -0.39 is 6.04 Å². The Morgan fingerprint density at radius 1 is 0.907 bits per heavy atom. The minimum Gasteiger partial charge on any atom is -0.352 e. The van der Waals surface area contributed by atoms with Gasteiger partial charge in [-0.05, 0) is 91.2 Å². The molecule has 6 rings (SSSR count). The van der Waals surface area contributed by atoms with Crippen LogP contribution in [-0.4, -0.2) is 30.8 Å². The molecule has 4 aromatic carbocycles. The zero-order chi connectivity index (χ0) is 29.9. The summed E-state index contributed by atoms with van der Waals surface area (Å²) in [6.45, 7) is 3.29. The number of carbonyl (C=O) groups excluding carboxylic acids is 3. The Labute approximate surface area is 252 Å². The van der Waals surface area contributed by atoms with Gasteiger partial charge in [0.1, 0.15) is 0 Å². The highest BCUT2D eigenvalue weighted by Gasteiger charge is 2.35. The van der Waals surface area contributed by atoms with Crippen LogP contribution in [-0.2, 0) is 4.79 Å². The van der Waals surface area contributed by atoms with E-state index in [-0.39, 0.29) is 24.1 Å². The second kappa shape index (κ2) is 12.4. The topological polar surface area (TPSA) is 105 Å². The van der Waals surface area contributed by atoms with E-state index in [0.29, 0.717) is 47.4 Å². The molecule has 1 saturated carbocycles. The number of hydrogen-bond acceptors (Lipinski definition) is 4. The Hall–Kier alpha value is -4.49. The van der Waals surface area contributed by atoms with Crippen LogP contribution in [0.15, 0.2) is 84.9 Å². The van der Waals surface area contributed by atoms with Crippen LogP contribution in [0.5, 0.6) is 0 Å². The summed E-state index contributed by atoms with van der Waals surface area (Å²) in [6.07, 6.45) is 4.50. The molecule has 3 amide bonds. The fourth-order valence-corrected chi connectivity index (χ4v) is 6.53. The SMILES string of the molecule is Cc1ccc(C2CC(=O)Nc3cc(C(=O)NCC4CCCC(CN)C4)ccc3N2C(=O)c2ccc3ccccc3c2)cc1. The number of aryl methyl sites for hydroxylation is 1. The van der Waals surface area contributed by atoms with Crippen molar-refractivity contribution in [1.29, 1.82) is 0 Å². The molecule has 0 saturated heterocycles. The number of carbonyl (C=O) groups is 3. The third kappa shape index (κ3) is 6.18. The van der Waals surface area contributed by atoms with Gasteiger partial charge in [-0.2, -0.15) is 0 Å².